The van der Waals surface area contributed by atoms with Crippen molar-refractivity contribution in [1.82, 2.24) is 20.5 Å². The molecule has 0 atom stereocenters. The van der Waals surface area contributed by atoms with Crippen LogP contribution in [0.4, 0.5) is 0 Å². The van der Waals surface area contributed by atoms with Crippen LogP contribution in [0.15, 0.2) is 57.9 Å². The molecule has 2 N–H and O–H groups in total. The van der Waals surface area contributed by atoms with Gasteiger partial charge in [-0.1, -0.05) is 12.1 Å². The molecular formula is C23H26N6O3. The number of nitrogens with zero attached hydrogens (tertiary/aromatic N) is 4. The first-order valence-corrected chi connectivity index (χ1v) is 10.6. The number of fused-ring (bicyclic) bond motifs is 1. The van der Waals surface area contributed by atoms with Crippen LogP contribution in [-0.2, 0) is 0 Å². The Morgan fingerprint density at radius 3 is 2.66 bits per heavy atom. The lowest BCUT2D eigenvalue weighted by Crippen LogP contribution is -2.48. The Morgan fingerprint density at radius 1 is 1.19 bits per heavy atom. The predicted molar refractivity (Wildman–Crippen MR) is 121 cm³/mol. The monoisotopic (exact) mass is 434 g/mol. The van der Waals surface area contributed by atoms with E-state index in [0.717, 1.165) is 43.7 Å². The molecule has 2 aromatic carbocycles. The molecule has 1 aromatic heterocycles. The number of benzene rings is 2. The number of aromatic nitrogens is 1. The fourth-order valence-corrected chi connectivity index (χ4v) is 3.60. The minimum Gasteiger partial charge on any atom is -0.492 e. The van der Waals surface area contributed by atoms with E-state index in [4.69, 9.17) is 19.2 Å². The largest absolute Gasteiger partial charge is 0.492 e. The molecule has 0 spiro atoms. The van der Waals surface area contributed by atoms with E-state index in [0.29, 0.717) is 29.9 Å². The molecule has 166 valence electrons. The third-order valence-corrected chi connectivity index (χ3v) is 5.31. The van der Waals surface area contributed by atoms with Gasteiger partial charge in [-0.05, 0) is 49.2 Å². The van der Waals surface area contributed by atoms with E-state index in [2.05, 4.69) is 25.5 Å². The first-order valence-electron chi connectivity index (χ1n) is 10.6. The van der Waals surface area contributed by atoms with Crippen LogP contribution >= 0.6 is 0 Å². The van der Waals surface area contributed by atoms with Gasteiger partial charge in [-0.3, -0.25) is 15.2 Å². The van der Waals surface area contributed by atoms with Crippen molar-refractivity contribution in [2.24, 2.45) is 4.99 Å². The van der Waals surface area contributed by atoms with Crippen molar-refractivity contribution in [1.29, 1.82) is 5.26 Å². The predicted octanol–water partition coefficient (Wildman–Crippen LogP) is 3.11. The highest BCUT2D eigenvalue weighted by Crippen LogP contribution is 2.26. The number of piperidine rings is 1. The molecule has 1 aliphatic rings. The maximum atomic E-state index is 8.72. The van der Waals surface area contributed by atoms with Crippen LogP contribution in [0.5, 0.6) is 17.6 Å². The van der Waals surface area contributed by atoms with Crippen LogP contribution in [0.25, 0.3) is 11.1 Å². The van der Waals surface area contributed by atoms with Crippen LogP contribution in [0.1, 0.15) is 12.8 Å². The van der Waals surface area contributed by atoms with Gasteiger partial charge in [0.15, 0.2) is 11.8 Å². The number of para-hydroxylation sites is 2. The first-order chi connectivity index (χ1) is 15.7. The van der Waals surface area contributed by atoms with Gasteiger partial charge in [0, 0.05) is 32.7 Å². The number of guanidine groups is 1. The molecule has 3 aromatic rings. The quantitative estimate of drug-likeness (QED) is 0.253. The lowest BCUT2D eigenvalue weighted by molar-refractivity contribution is 0.169. The smallest absolute Gasteiger partial charge is 0.400 e. The Hall–Kier alpha value is -3.77. The molecule has 0 bridgehead atoms. The maximum Gasteiger partial charge on any atom is 0.400 e. The molecule has 9 heteroatoms. The van der Waals surface area contributed by atoms with Gasteiger partial charge in [-0.25, -0.2) is 0 Å². The highest BCUT2D eigenvalue weighted by molar-refractivity contribution is 5.81. The number of hydrogen-bond donors (Lipinski definition) is 2. The SMILES string of the molecule is CN=C(NC#N)NC1CCN(CCOc2ccc(Oc3nc4ccccc4o3)cc2)CC1. The summed E-state index contributed by atoms with van der Waals surface area (Å²) in [6, 6.07) is 15.3. The van der Waals surface area contributed by atoms with Crippen molar-refractivity contribution < 1.29 is 13.9 Å². The van der Waals surface area contributed by atoms with E-state index in [-0.39, 0.29) is 6.08 Å². The Labute approximate surface area is 186 Å². The molecule has 0 aliphatic carbocycles. The molecule has 32 heavy (non-hydrogen) atoms. The van der Waals surface area contributed by atoms with E-state index < -0.39 is 0 Å². The Bertz CT molecular complexity index is 1050. The number of ether oxygens (including phenoxy) is 2. The summed E-state index contributed by atoms with van der Waals surface area (Å²) in [6.07, 6.45) is 4.10. The summed E-state index contributed by atoms with van der Waals surface area (Å²) in [6.45, 7) is 3.42. The highest BCUT2D eigenvalue weighted by atomic mass is 16.6. The standard InChI is InChI=1S/C23H26N6O3/c1-25-22(26-16-24)27-17-10-12-29(13-11-17)14-15-30-18-6-8-19(9-7-18)31-23-28-20-4-2-3-5-21(20)32-23/h2-9,17H,10-15H2,1H3,(H2,25,26,27). The topological polar surface area (TPSA) is 108 Å². The highest BCUT2D eigenvalue weighted by Gasteiger charge is 2.19. The summed E-state index contributed by atoms with van der Waals surface area (Å²) in [5, 5.41) is 14.6. The van der Waals surface area contributed by atoms with Gasteiger partial charge >= 0.3 is 6.08 Å². The number of likely N-dealkylation sites (tertiary alicyclic amines) is 1. The molecule has 1 saturated heterocycles. The molecule has 4 rings (SSSR count). The molecule has 1 fully saturated rings. The van der Waals surface area contributed by atoms with Crippen LogP contribution in [0, 0.1) is 11.5 Å². The lowest BCUT2D eigenvalue weighted by atomic mass is 10.1. The third kappa shape index (κ3) is 5.68. The zero-order chi connectivity index (χ0) is 22.2. The van der Waals surface area contributed by atoms with Crippen LogP contribution in [-0.4, -0.2) is 55.2 Å². The van der Waals surface area contributed by atoms with Crippen molar-refractivity contribution in [3.8, 4) is 23.8 Å². The number of nitrogens with one attached hydrogen (secondary N) is 2. The lowest BCUT2D eigenvalue weighted by Gasteiger charge is -2.32. The van der Waals surface area contributed by atoms with Crippen LogP contribution < -0.4 is 20.1 Å². The molecule has 0 saturated carbocycles. The zero-order valence-electron chi connectivity index (χ0n) is 18.0. The number of nitriles is 1. The van der Waals surface area contributed by atoms with Gasteiger partial charge in [-0.15, -0.1) is 0 Å². The van der Waals surface area contributed by atoms with Gasteiger partial charge in [0.05, 0.1) is 0 Å². The molecular weight excluding hydrogens is 408 g/mol. The second-order valence-corrected chi connectivity index (χ2v) is 7.44. The van der Waals surface area contributed by atoms with E-state index in [1.807, 2.05) is 54.7 Å². The van der Waals surface area contributed by atoms with E-state index >= 15 is 0 Å². The molecule has 2 heterocycles. The third-order valence-electron chi connectivity index (χ3n) is 5.31. The van der Waals surface area contributed by atoms with Gasteiger partial charge in [0.1, 0.15) is 23.6 Å². The van der Waals surface area contributed by atoms with Crippen molar-refractivity contribution in [3.05, 3.63) is 48.5 Å². The van der Waals surface area contributed by atoms with E-state index in [9.17, 15) is 0 Å². The van der Waals surface area contributed by atoms with Crippen molar-refractivity contribution in [3.63, 3.8) is 0 Å². The second-order valence-electron chi connectivity index (χ2n) is 7.44. The maximum absolute atomic E-state index is 8.72. The fourth-order valence-electron chi connectivity index (χ4n) is 3.60. The summed E-state index contributed by atoms with van der Waals surface area (Å²) in [4.78, 5) is 10.7. The van der Waals surface area contributed by atoms with Crippen molar-refractivity contribution in [2.75, 3.05) is 33.3 Å². The molecule has 1 aliphatic heterocycles. The second kappa shape index (κ2) is 10.5. The number of aliphatic imine (C=N–C) groups is 1. The Balaban J connectivity index is 1.18. The molecule has 0 unspecified atom stereocenters. The Kier molecular flexibility index (Phi) is 7.05. The normalized spacial score (nSPS) is 15.3. The minimum atomic E-state index is 0.221. The van der Waals surface area contributed by atoms with Gasteiger partial charge < -0.3 is 19.2 Å². The fraction of sp³-hybridized carbons (Fsp3) is 0.348. The summed E-state index contributed by atoms with van der Waals surface area (Å²) in [7, 11) is 1.66. The average molecular weight is 435 g/mol. The summed E-state index contributed by atoms with van der Waals surface area (Å²) < 4.78 is 17.2. The van der Waals surface area contributed by atoms with Crippen LogP contribution in [0.2, 0.25) is 0 Å². The molecule has 9 nitrogen and oxygen atoms in total. The zero-order valence-corrected chi connectivity index (χ0v) is 18.0. The number of hydrogen-bond acceptors (Lipinski definition) is 7. The van der Waals surface area contributed by atoms with Crippen molar-refractivity contribution >= 4 is 17.1 Å². The van der Waals surface area contributed by atoms with Gasteiger partial charge in [0.25, 0.3) is 0 Å². The summed E-state index contributed by atoms with van der Waals surface area (Å²) in [5.74, 6) is 1.95. The van der Waals surface area contributed by atoms with E-state index in [1.165, 1.54) is 0 Å². The number of oxazole rings is 1. The summed E-state index contributed by atoms with van der Waals surface area (Å²) >= 11 is 0. The average Bonchev–Trinajstić information content (AvgIpc) is 3.23. The Morgan fingerprint density at radius 2 is 1.94 bits per heavy atom. The van der Waals surface area contributed by atoms with Crippen molar-refractivity contribution in [2.45, 2.75) is 18.9 Å². The van der Waals surface area contributed by atoms with Crippen LogP contribution in [0.3, 0.4) is 0 Å². The molecule has 0 radical (unpaired) electrons. The van der Waals surface area contributed by atoms with Gasteiger partial charge in [-0.2, -0.15) is 10.2 Å². The van der Waals surface area contributed by atoms with E-state index in [1.54, 1.807) is 7.05 Å². The number of rotatable bonds is 7. The first kappa shape index (κ1) is 21.5. The minimum absolute atomic E-state index is 0.221. The summed E-state index contributed by atoms with van der Waals surface area (Å²) in [5.41, 5.74) is 1.46. The molecule has 0 amide bonds. The van der Waals surface area contributed by atoms with Gasteiger partial charge in [0.2, 0.25) is 5.96 Å².